The SMILES string of the molecule is CCC(O)CCNc1cc(N)nc(SC)n1. The molecule has 1 rings (SSSR count). The maximum Gasteiger partial charge on any atom is 0.191 e. The van der Waals surface area contributed by atoms with Gasteiger partial charge in [0.1, 0.15) is 11.6 Å². The summed E-state index contributed by atoms with van der Waals surface area (Å²) in [6.07, 6.45) is 3.12. The van der Waals surface area contributed by atoms with Gasteiger partial charge in [0.05, 0.1) is 6.10 Å². The zero-order valence-electron chi connectivity index (χ0n) is 9.60. The molecule has 1 atom stereocenters. The van der Waals surface area contributed by atoms with Crippen molar-refractivity contribution in [1.82, 2.24) is 9.97 Å². The predicted octanol–water partition coefficient (Wildman–Crippen LogP) is 1.35. The van der Waals surface area contributed by atoms with Gasteiger partial charge in [-0.25, -0.2) is 9.97 Å². The number of nitrogen functional groups attached to an aromatic ring is 1. The number of nitrogens with zero attached hydrogens (tertiary/aromatic N) is 2. The number of nitrogens with two attached hydrogens (primary N) is 1. The maximum atomic E-state index is 9.39. The van der Waals surface area contributed by atoms with Gasteiger partial charge in [0.15, 0.2) is 5.16 Å². The summed E-state index contributed by atoms with van der Waals surface area (Å²) in [4.78, 5) is 8.31. The van der Waals surface area contributed by atoms with Crippen LogP contribution in [0.2, 0.25) is 0 Å². The van der Waals surface area contributed by atoms with Crippen LogP contribution in [0, 0.1) is 0 Å². The molecule has 0 saturated carbocycles. The van der Waals surface area contributed by atoms with Crippen LogP contribution in [0.15, 0.2) is 11.2 Å². The Morgan fingerprint density at radius 1 is 1.56 bits per heavy atom. The fraction of sp³-hybridized carbons (Fsp3) is 0.600. The number of rotatable bonds is 6. The lowest BCUT2D eigenvalue weighted by molar-refractivity contribution is 0.164. The Labute approximate surface area is 99.9 Å². The minimum Gasteiger partial charge on any atom is -0.393 e. The summed E-state index contributed by atoms with van der Waals surface area (Å²) in [6.45, 7) is 2.64. The van der Waals surface area contributed by atoms with Crippen molar-refractivity contribution in [1.29, 1.82) is 0 Å². The van der Waals surface area contributed by atoms with E-state index in [0.717, 1.165) is 6.42 Å². The molecule has 1 aromatic rings. The van der Waals surface area contributed by atoms with Crippen molar-refractivity contribution in [2.24, 2.45) is 0 Å². The average Bonchev–Trinajstić information content (AvgIpc) is 2.28. The van der Waals surface area contributed by atoms with E-state index in [1.165, 1.54) is 11.8 Å². The fourth-order valence-corrected chi connectivity index (χ4v) is 1.58. The number of hydrogen-bond acceptors (Lipinski definition) is 6. The Kier molecular flexibility index (Phi) is 5.34. The van der Waals surface area contributed by atoms with Gasteiger partial charge in [0.2, 0.25) is 0 Å². The first kappa shape index (κ1) is 13.1. The summed E-state index contributed by atoms with van der Waals surface area (Å²) in [5, 5.41) is 13.2. The van der Waals surface area contributed by atoms with Crippen LogP contribution in [0.3, 0.4) is 0 Å². The summed E-state index contributed by atoms with van der Waals surface area (Å²) in [6, 6.07) is 1.69. The van der Waals surface area contributed by atoms with Gasteiger partial charge in [-0.3, -0.25) is 0 Å². The number of nitrogens with one attached hydrogen (secondary N) is 1. The van der Waals surface area contributed by atoms with Gasteiger partial charge in [-0.1, -0.05) is 18.7 Å². The van der Waals surface area contributed by atoms with Gasteiger partial charge >= 0.3 is 0 Å². The van der Waals surface area contributed by atoms with Crippen molar-refractivity contribution < 1.29 is 5.11 Å². The molecule has 0 amide bonds. The lowest BCUT2D eigenvalue weighted by Gasteiger charge is -2.10. The molecule has 16 heavy (non-hydrogen) atoms. The van der Waals surface area contributed by atoms with Gasteiger partial charge in [0.25, 0.3) is 0 Å². The van der Waals surface area contributed by atoms with E-state index in [9.17, 15) is 5.11 Å². The molecule has 0 aliphatic heterocycles. The van der Waals surface area contributed by atoms with Crippen LogP contribution in [0.1, 0.15) is 19.8 Å². The maximum absolute atomic E-state index is 9.39. The molecule has 0 saturated heterocycles. The Hall–Kier alpha value is -1.01. The molecular weight excluding hydrogens is 224 g/mol. The van der Waals surface area contributed by atoms with E-state index >= 15 is 0 Å². The normalized spacial score (nSPS) is 12.4. The molecular formula is C10H18N4OS. The number of hydrogen-bond donors (Lipinski definition) is 3. The number of aliphatic hydroxyl groups is 1. The summed E-state index contributed by atoms with van der Waals surface area (Å²) in [5.41, 5.74) is 5.64. The summed E-state index contributed by atoms with van der Waals surface area (Å²) < 4.78 is 0. The van der Waals surface area contributed by atoms with Gasteiger partial charge in [-0.2, -0.15) is 0 Å². The minimum absolute atomic E-state index is 0.258. The molecule has 1 aromatic heterocycles. The molecule has 1 heterocycles. The largest absolute Gasteiger partial charge is 0.393 e. The highest BCUT2D eigenvalue weighted by molar-refractivity contribution is 7.98. The van der Waals surface area contributed by atoms with E-state index in [1.54, 1.807) is 6.07 Å². The molecule has 0 radical (unpaired) electrons. The third-order valence-corrected chi connectivity index (χ3v) is 2.71. The topological polar surface area (TPSA) is 84.1 Å². The minimum atomic E-state index is -0.258. The standard InChI is InChI=1S/C10H18N4OS/c1-3-7(15)4-5-12-9-6-8(11)13-10(14-9)16-2/h6-7,15H,3-5H2,1-2H3,(H3,11,12,13,14). The molecule has 0 bridgehead atoms. The second-order valence-electron chi connectivity index (χ2n) is 3.44. The monoisotopic (exact) mass is 242 g/mol. The van der Waals surface area contributed by atoms with E-state index in [4.69, 9.17) is 5.73 Å². The zero-order valence-corrected chi connectivity index (χ0v) is 10.4. The quantitative estimate of drug-likeness (QED) is 0.516. The van der Waals surface area contributed by atoms with E-state index in [0.29, 0.717) is 29.8 Å². The molecule has 4 N–H and O–H groups in total. The van der Waals surface area contributed by atoms with Crippen LogP contribution in [0.4, 0.5) is 11.6 Å². The lowest BCUT2D eigenvalue weighted by Crippen LogP contribution is -2.13. The summed E-state index contributed by atoms with van der Waals surface area (Å²) in [5.74, 6) is 1.16. The van der Waals surface area contributed by atoms with E-state index in [2.05, 4.69) is 15.3 Å². The van der Waals surface area contributed by atoms with Crippen LogP contribution in [-0.2, 0) is 0 Å². The summed E-state index contributed by atoms with van der Waals surface area (Å²) in [7, 11) is 0. The first-order valence-electron chi connectivity index (χ1n) is 5.26. The Balaban J connectivity index is 2.50. The predicted molar refractivity (Wildman–Crippen MR) is 67.6 cm³/mol. The molecule has 0 aromatic carbocycles. The van der Waals surface area contributed by atoms with Crippen molar-refractivity contribution in [3.05, 3.63) is 6.07 Å². The van der Waals surface area contributed by atoms with Crippen molar-refractivity contribution in [2.75, 3.05) is 23.9 Å². The van der Waals surface area contributed by atoms with Gasteiger partial charge in [0, 0.05) is 12.6 Å². The second kappa shape index (κ2) is 6.55. The van der Waals surface area contributed by atoms with Crippen LogP contribution >= 0.6 is 11.8 Å². The van der Waals surface area contributed by atoms with Gasteiger partial charge < -0.3 is 16.2 Å². The second-order valence-corrected chi connectivity index (χ2v) is 4.22. The summed E-state index contributed by atoms with van der Waals surface area (Å²) >= 11 is 1.45. The van der Waals surface area contributed by atoms with Crippen LogP contribution in [0.25, 0.3) is 0 Å². The number of thioether (sulfide) groups is 1. The van der Waals surface area contributed by atoms with Crippen molar-refractivity contribution in [3.8, 4) is 0 Å². The van der Waals surface area contributed by atoms with Crippen LogP contribution in [-0.4, -0.2) is 34.0 Å². The van der Waals surface area contributed by atoms with Crippen LogP contribution in [0.5, 0.6) is 0 Å². The molecule has 0 aliphatic carbocycles. The molecule has 0 fully saturated rings. The smallest absolute Gasteiger partial charge is 0.191 e. The van der Waals surface area contributed by atoms with E-state index in [1.807, 2.05) is 13.2 Å². The zero-order chi connectivity index (χ0) is 12.0. The Morgan fingerprint density at radius 2 is 2.31 bits per heavy atom. The highest BCUT2D eigenvalue weighted by Gasteiger charge is 2.03. The Bertz CT molecular complexity index is 335. The number of anilines is 2. The molecule has 0 spiro atoms. The van der Waals surface area contributed by atoms with E-state index in [-0.39, 0.29) is 6.10 Å². The van der Waals surface area contributed by atoms with Crippen molar-refractivity contribution in [2.45, 2.75) is 31.0 Å². The first-order chi connectivity index (χ1) is 7.65. The third kappa shape index (κ3) is 4.24. The molecule has 90 valence electrons. The fourth-order valence-electron chi connectivity index (χ4n) is 1.20. The number of aliphatic hydroxyl groups excluding tert-OH is 1. The van der Waals surface area contributed by atoms with Gasteiger partial charge in [-0.15, -0.1) is 0 Å². The Morgan fingerprint density at radius 3 is 2.94 bits per heavy atom. The highest BCUT2D eigenvalue weighted by Crippen LogP contribution is 2.15. The molecule has 1 unspecified atom stereocenters. The first-order valence-corrected chi connectivity index (χ1v) is 6.48. The van der Waals surface area contributed by atoms with Gasteiger partial charge in [-0.05, 0) is 19.1 Å². The van der Waals surface area contributed by atoms with E-state index < -0.39 is 0 Å². The van der Waals surface area contributed by atoms with Crippen LogP contribution < -0.4 is 11.1 Å². The average molecular weight is 242 g/mol. The molecule has 6 heteroatoms. The molecule has 5 nitrogen and oxygen atoms in total. The van der Waals surface area contributed by atoms with Crippen molar-refractivity contribution >= 4 is 23.4 Å². The van der Waals surface area contributed by atoms with Crippen molar-refractivity contribution in [3.63, 3.8) is 0 Å². The highest BCUT2D eigenvalue weighted by atomic mass is 32.2. The number of aromatic nitrogens is 2. The third-order valence-electron chi connectivity index (χ3n) is 2.16. The lowest BCUT2D eigenvalue weighted by atomic mass is 10.2. The molecule has 0 aliphatic rings.